The third kappa shape index (κ3) is 3.95. The number of carbonyl (C=O) groups excluding carboxylic acids is 1. The van der Waals surface area contributed by atoms with Crippen LogP contribution in [-0.4, -0.2) is 33.8 Å². The van der Waals surface area contributed by atoms with Crippen molar-refractivity contribution in [1.29, 1.82) is 0 Å². The number of amides is 1. The molecule has 0 radical (unpaired) electrons. The van der Waals surface area contributed by atoms with Crippen molar-refractivity contribution in [2.24, 2.45) is 0 Å². The van der Waals surface area contributed by atoms with Crippen molar-refractivity contribution < 1.29 is 27.4 Å². The van der Waals surface area contributed by atoms with Crippen LogP contribution in [0.4, 0.5) is 11.4 Å². The summed E-state index contributed by atoms with van der Waals surface area (Å²) in [6.45, 7) is 3.72. The van der Waals surface area contributed by atoms with Gasteiger partial charge in [0.1, 0.15) is 5.75 Å². The number of rotatable bonds is 4. The molecular weight excluding hydrogens is 444 g/mol. The number of sulfonamides is 1. The van der Waals surface area contributed by atoms with E-state index < -0.39 is 22.0 Å². The minimum Gasteiger partial charge on any atom is -0.476 e. The van der Waals surface area contributed by atoms with Gasteiger partial charge in [-0.1, -0.05) is 23.8 Å². The number of hydrogen-bond donors (Lipinski definition) is 1. The Bertz CT molecular complexity index is 1340. The zero-order chi connectivity index (χ0) is 23.2. The van der Waals surface area contributed by atoms with Crippen LogP contribution in [0.2, 0.25) is 0 Å². The molecule has 1 atom stereocenters. The summed E-state index contributed by atoms with van der Waals surface area (Å²) in [7, 11) is -3.92. The van der Waals surface area contributed by atoms with Crippen molar-refractivity contribution in [1.82, 2.24) is 0 Å². The van der Waals surface area contributed by atoms with E-state index in [1.807, 2.05) is 19.9 Å². The maximum atomic E-state index is 13.5. The number of aryl methyl sites for hydroxylation is 2. The maximum Gasteiger partial charge on any atom is 0.267 e. The third-order valence-electron chi connectivity index (χ3n) is 5.53. The van der Waals surface area contributed by atoms with Crippen LogP contribution in [-0.2, 0) is 14.8 Å². The monoisotopic (exact) mass is 466 g/mol. The molecule has 1 unspecified atom stereocenters. The number of nitrogens with one attached hydrogen (secondary N) is 1. The van der Waals surface area contributed by atoms with Gasteiger partial charge in [-0.15, -0.1) is 0 Å². The largest absolute Gasteiger partial charge is 0.476 e. The molecule has 170 valence electrons. The summed E-state index contributed by atoms with van der Waals surface area (Å²) in [5.41, 5.74) is 2.73. The zero-order valence-electron chi connectivity index (χ0n) is 18.1. The summed E-state index contributed by atoms with van der Waals surface area (Å²) >= 11 is 0. The smallest absolute Gasteiger partial charge is 0.267 e. The first-order valence-corrected chi connectivity index (χ1v) is 11.8. The molecule has 0 aliphatic carbocycles. The highest BCUT2D eigenvalue weighted by Gasteiger charge is 2.37. The first kappa shape index (κ1) is 21.1. The standard InChI is InChI=1S/C24H22N2O6S/c1-15-3-7-18(8-4-15)33(28,29)26-13-23(32-21-11-16(2)5-9-19(21)26)24(27)25-17-6-10-20-22(12-17)31-14-30-20/h3-12,23H,13-14H2,1-2H3,(H,25,27). The normalized spacial score (nSPS) is 16.7. The first-order chi connectivity index (χ1) is 15.8. The summed E-state index contributed by atoms with van der Waals surface area (Å²) < 4.78 is 44.8. The molecule has 3 aromatic carbocycles. The number of benzene rings is 3. The summed E-state index contributed by atoms with van der Waals surface area (Å²) in [6.07, 6.45) is -1.05. The Labute approximate surface area is 191 Å². The Kier molecular flexibility index (Phi) is 5.13. The summed E-state index contributed by atoms with van der Waals surface area (Å²) in [5, 5.41) is 2.79. The molecule has 1 amide bonds. The van der Waals surface area contributed by atoms with Crippen molar-refractivity contribution in [3.63, 3.8) is 0 Å². The average molecular weight is 467 g/mol. The Morgan fingerprint density at radius 2 is 1.64 bits per heavy atom. The van der Waals surface area contributed by atoms with Gasteiger partial charge in [0.15, 0.2) is 17.6 Å². The van der Waals surface area contributed by atoms with E-state index in [1.165, 1.54) is 4.31 Å². The van der Waals surface area contributed by atoms with Crippen molar-refractivity contribution in [3.8, 4) is 17.2 Å². The van der Waals surface area contributed by atoms with Crippen LogP contribution in [0.5, 0.6) is 17.2 Å². The number of hydrogen-bond acceptors (Lipinski definition) is 6. The molecule has 0 fully saturated rings. The SMILES string of the molecule is Cc1ccc(S(=O)(=O)N2CC(C(=O)Nc3ccc4c(c3)OCO4)Oc3cc(C)ccc32)cc1. The van der Waals surface area contributed by atoms with Gasteiger partial charge < -0.3 is 19.5 Å². The molecule has 2 aliphatic rings. The van der Waals surface area contributed by atoms with Gasteiger partial charge in [0.05, 0.1) is 17.1 Å². The second kappa shape index (κ2) is 8.00. The Morgan fingerprint density at radius 1 is 0.909 bits per heavy atom. The van der Waals surface area contributed by atoms with E-state index in [9.17, 15) is 13.2 Å². The number of anilines is 2. The van der Waals surface area contributed by atoms with Gasteiger partial charge in [0.2, 0.25) is 6.79 Å². The van der Waals surface area contributed by atoms with Gasteiger partial charge in [0.25, 0.3) is 15.9 Å². The molecule has 9 heteroatoms. The minimum atomic E-state index is -3.92. The van der Waals surface area contributed by atoms with Gasteiger partial charge in [-0.05, 0) is 55.8 Å². The van der Waals surface area contributed by atoms with E-state index in [0.717, 1.165) is 11.1 Å². The molecule has 0 saturated carbocycles. The molecular formula is C24H22N2O6S. The van der Waals surface area contributed by atoms with Gasteiger partial charge in [-0.3, -0.25) is 9.10 Å². The second-order valence-electron chi connectivity index (χ2n) is 7.98. The van der Waals surface area contributed by atoms with Crippen LogP contribution in [0, 0.1) is 13.8 Å². The Balaban J connectivity index is 1.46. The van der Waals surface area contributed by atoms with E-state index >= 15 is 0 Å². The quantitative estimate of drug-likeness (QED) is 0.631. The number of ether oxygens (including phenoxy) is 3. The van der Waals surface area contributed by atoms with Crippen molar-refractivity contribution >= 4 is 27.3 Å². The maximum absolute atomic E-state index is 13.5. The highest BCUT2D eigenvalue weighted by molar-refractivity contribution is 7.92. The highest BCUT2D eigenvalue weighted by atomic mass is 32.2. The lowest BCUT2D eigenvalue weighted by molar-refractivity contribution is -0.122. The molecule has 33 heavy (non-hydrogen) atoms. The number of carbonyl (C=O) groups is 1. The Hall–Kier alpha value is -3.72. The predicted octanol–water partition coefficient (Wildman–Crippen LogP) is 3.63. The van der Waals surface area contributed by atoms with E-state index in [2.05, 4.69) is 5.32 Å². The molecule has 1 N–H and O–H groups in total. The number of nitrogens with zero attached hydrogens (tertiary/aromatic N) is 1. The third-order valence-corrected chi connectivity index (χ3v) is 7.32. The van der Waals surface area contributed by atoms with E-state index in [1.54, 1.807) is 54.6 Å². The van der Waals surface area contributed by atoms with Crippen molar-refractivity contribution in [3.05, 3.63) is 71.8 Å². The van der Waals surface area contributed by atoms with Crippen molar-refractivity contribution in [2.75, 3.05) is 23.0 Å². The van der Waals surface area contributed by atoms with Gasteiger partial charge in [-0.2, -0.15) is 0 Å². The van der Waals surface area contributed by atoms with Crippen LogP contribution < -0.4 is 23.8 Å². The lowest BCUT2D eigenvalue weighted by Gasteiger charge is -2.35. The molecule has 2 aliphatic heterocycles. The first-order valence-electron chi connectivity index (χ1n) is 10.4. The molecule has 0 bridgehead atoms. The van der Waals surface area contributed by atoms with Crippen LogP contribution in [0.1, 0.15) is 11.1 Å². The summed E-state index contributed by atoms with van der Waals surface area (Å²) in [5.74, 6) is 0.997. The molecule has 5 rings (SSSR count). The van der Waals surface area contributed by atoms with Crippen LogP contribution in [0.25, 0.3) is 0 Å². The van der Waals surface area contributed by atoms with E-state index in [-0.39, 0.29) is 18.2 Å². The minimum absolute atomic E-state index is 0.125. The van der Waals surface area contributed by atoms with E-state index in [4.69, 9.17) is 14.2 Å². The van der Waals surface area contributed by atoms with Crippen LogP contribution >= 0.6 is 0 Å². The molecule has 0 saturated heterocycles. The lowest BCUT2D eigenvalue weighted by atomic mass is 10.1. The molecule has 0 spiro atoms. The fourth-order valence-corrected chi connectivity index (χ4v) is 5.24. The summed E-state index contributed by atoms with van der Waals surface area (Å²) in [6, 6.07) is 16.9. The van der Waals surface area contributed by atoms with Gasteiger partial charge >= 0.3 is 0 Å². The second-order valence-corrected chi connectivity index (χ2v) is 9.85. The van der Waals surface area contributed by atoms with Gasteiger partial charge in [0, 0.05) is 11.8 Å². The van der Waals surface area contributed by atoms with Crippen LogP contribution in [0.15, 0.2) is 65.6 Å². The molecule has 2 heterocycles. The molecule has 3 aromatic rings. The lowest BCUT2D eigenvalue weighted by Crippen LogP contribution is -2.48. The highest BCUT2D eigenvalue weighted by Crippen LogP contribution is 2.38. The van der Waals surface area contributed by atoms with E-state index in [0.29, 0.717) is 28.6 Å². The summed E-state index contributed by atoms with van der Waals surface area (Å²) in [4.78, 5) is 13.2. The average Bonchev–Trinajstić information content (AvgIpc) is 3.26. The predicted molar refractivity (Wildman–Crippen MR) is 123 cm³/mol. The topological polar surface area (TPSA) is 94.2 Å². The molecule has 0 aromatic heterocycles. The van der Waals surface area contributed by atoms with Gasteiger partial charge in [-0.25, -0.2) is 8.42 Å². The molecule has 8 nitrogen and oxygen atoms in total. The fourth-order valence-electron chi connectivity index (χ4n) is 3.76. The Morgan fingerprint density at radius 3 is 2.42 bits per heavy atom. The van der Waals surface area contributed by atoms with Crippen LogP contribution in [0.3, 0.4) is 0 Å². The fraction of sp³-hybridized carbons (Fsp3) is 0.208. The van der Waals surface area contributed by atoms with Crippen molar-refractivity contribution in [2.45, 2.75) is 24.8 Å². The zero-order valence-corrected chi connectivity index (χ0v) is 18.9. The number of fused-ring (bicyclic) bond motifs is 2.